The summed E-state index contributed by atoms with van der Waals surface area (Å²) in [6.07, 6.45) is 1.11. The lowest BCUT2D eigenvalue weighted by molar-refractivity contribution is -0.140. The van der Waals surface area contributed by atoms with Crippen molar-refractivity contribution in [1.82, 2.24) is 9.80 Å². The van der Waals surface area contributed by atoms with Gasteiger partial charge in [0, 0.05) is 32.6 Å². The van der Waals surface area contributed by atoms with Crippen molar-refractivity contribution in [3.05, 3.63) is 54.6 Å². The molecule has 2 amide bonds. The summed E-state index contributed by atoms with van der Waals surface area (Å²) < 4.78 is 16.5. The quantitative estimate of drug-likeness (QED) is 0.592. The van der Waals surface area contributed by atoms with E-state index in [9.17, 15) is 9.59 Å². The van der Waals surface area contributed by atoms with Crippen LogP contribution < -0.4 is 14.2 Å². The second-order valence-electron chi connectivity index (χ2n) is 6.97. The molecule has 0 N–H and O–H groups in total. The first-order chi connectivity index (χ1) is 14.7. The van der Waals surface area contributed by atoms with E-state index in [2.05, 4.69) is 0 Å². The molecule has 0 aromatic heterocycles. The number of hydrogen-bond acceptors (Lipinski definition) is 5. The van der Waals surface area contributed by atoms with Gasteiger partial charge in [-0.05, 0) is 30.7 Å². The molecule has 3 rings (SSSR count). The second kappa shape index (κ2) is 11.1. The summed E-state index contributed by atoms with van der Waals surface area (Å²) in [5, 5.41) is 0. The molecule has 0 unspecified atom stereocenters. The van der Waals surface area contributed by atoms with Crippen LogP contribution in [0.4, 0.5) is 0 Å². The van der Waals surface area contributed by atoms with Gasteiger partial charge < -0.3 is 24.0 Å². The number of piperazine rings is 1. The van der Waals surface area contributed by atoms with Crippen molar-refractivity contribution in [2.75, 3.05) is 46.5 Å². The predicted molar refractivity (Wildman–Crippen MR) is 113 cm³/mol. The summed E-state index contributed by atoms with van der Waals surface area (Å²) in [7, 11) is 1.56. The Bertz CT molecular complexity index is 819. The van der Waals surface area contributed by atoms with E-state index in [1.54, 1.807) is 24.1 Å². The van der Waals surface area contributed by atoms with Crippen LogP contribution in [0.15, 0.2) is 54.6 Å². The first-order valence-electron chi connectivity index (χ1n) is 10.2. The van der Waals surface area contributed by atoms with Crippen molar-refractivity contribution < 1.29 is 23.8 Å². The van der Waals surface area contributed by atoms with Crippen LogP contribution in [0.3, 0.4) is 0 Å². The Morgan fingerprint density at radius 2 is 1.40 bits per heavy atom. The van der Waals surface area contributed by atoms with E-state index in [0.29, 0.717) is 57.1 Å². The minimum atomic E-state index is -0.0933. The number of carbonyl (C=O) groups is 2. The lowest BCUT2D eigenvalue weighted by atomic mass is 10.2. The molecule has 7 nitrogen and oxygen atoms in total. The van der Waals surface area contributed by atoms with Crippen molar-refractivity contribution in [2.24, 2.45) is 0 Å². The highest BCUT2D eigenvalue weighted by atomic mass is 16.5. The molecule has 7 heteroatoms. The molecule has 1 heterocycles. The maximum Gasteiger partial charge on any atom is 0.260 e. The molecule has 2 aromatic carbocycles. The third kappa shape index (κ3) is 6.14. The van der Waals surface area contributed by atoms with Crippen molar-refractivity contribution >= 4 is 11.8 Å². The zero-order valence-electron chi connectivity index (χ0n) is 17.3. The third-order valence-electron chi connectivity index (χ3n) is 4.95. The maximum atomic E-state index is 12.4. The van der Waals surface area contributed by atoms with Gasteiger partial charge in [-0.3, -0.25) is 9.59 Å². The van der Waals surface area contributed by atoms with Crippen molar-refractivity contribution in [1.29, 1.82) is 0 Å². The fraction of sp³-hybridized carbons (Fsp3) is 0.391. The molecule has 0 spiro atoms. The summed E-state index contributed by atoms with van der Waals surface area (Å²) in [5.74, 6) is 1.96. The normalized spacial score (nSPS) is 13.6. The lowest BCUT2D eigenvalue weighted by Crippen LogP contribution is -2.51. The maximum absolute atomic E-state index is 12.4. The van der Waals surface area contributed by atoms with Gasteiger partial charge in [0.25, 0.3) is 5.91 Å². The number of benzene rings is 2. The molecular weight excluding hydrogens is 384 g/mol. The summed E-state index contributed by atoms with van der Waals surface area (Å²) in [4.78, 5) is 28.4. The summed E-state index contributed by atoms with van der Waals surface area (Å²) in [6, 6.07) is 16.8. The molecule has 0 radical (unpaired) electrons. The smallest absolute Gasteiger partial charge is 0.260 e. The van der Waals surface area contributed by atoms with Gasteiger partial charge in [0.1, 0.15) is 5.75 Å². The van der Waals surface area contributed by atoms with Gasteiger partial charge in [-0.1, -0.05) is 30.3 Å². The van der Waals surface area contributed by atoms with Gasteiger partial charge in [0.2, 0.25) is 5.91 Å². The van der Waals surface area contributed by atoms with Gasteiger partial charge in [-0.15, -0.1) is 0 Å². The fourth-order valence-corrected chi connectivity index (χ4v) is 3.26. The van der Waals surface area contributed by atoms with E-state index < -0.39 is 0 Å². The highest BCUT2D eigenvalue weighted by Crippen LogP contribution is 2.25. The highest BCUT2D eigenvalue weighted by molar-refractivity contribution is 5.79. The SMILES string of the molecule is COc1ccccc1OCC(=O)N1CCN(C(=O)CCCOc2ccccc2)CC1. The molecule has 30 heavy (non-hydrogen) atoms. The number of rotatable bonds is 9. The molecule has 1 fully saturated rings. The van der Waals surface area contributed by atoms with Crippen LogP contribution in [-0.4, -0.2) is 68.1 Å². The summed E-state index contributed by atoms with van der Waals surface area (Å²) in [6.45, 7) is 2.57. The van der Waals surface area contributed by atoms with E-state index in [4.69, 9.17) is 14.2 Å². The number of hydrogen-bond donors (Lipinski definition) is 0. The summed E-state index contributed by atoms with van der Waals surface area (Å²) in [5.41, 5.74) is 0. The molecule has 0 saturated carbocycles. The van der Waals surface area contributed by atoms with Crippen LogP contribution in [0.1, 0.15) is 12.8 Å². The third-order valence-corrected chi connectivity index (χ3v) is 4.95. The first kappa shape index (κ1) is 21.5. The zero-order chi connectivity index (χ0) is 21.2. The van der Waals surface area contributed by atoms with Gasteiger partial charge in [-0.25, -0.2) is 0 Å². The second-order valence-corrected chi connectivity index (χ2v) is 6.97. The number of para-hydroxylation sites is 3. The molecule has 2 aromatic rings. The lowest BCUT2D eigenvalue weighted by Gasteiger charge is -2.34. The van der Waals surface area contributed by atoms with Gasteiger partial charge in [0.15, 0.2) is 18.1 Å². The van der Waals surface area contributed by atoms with Gasteiger partial charge in [-0.2, -0.15) is 0 Å². The minimum absolute atomic E-state index is 0.0505. The number of ether oxygens (including phenoxy) is 3. The van der Waals surface area contributed by atoms with Gasteiger partial charge >= 0.3 is 0 Å². The van der Waals surface area contributed by atoms with Crippen LogP contribution in [0, 0.1) is 0 Å². The Labute approximate surface area is 177 Å². The number of methoxy groups -OCH3 is 1. The molecule has 0 bridgehead atoms. The number of nitrogens with zero attached hydrogens (tertiary/aromatic N) is 2. The van der Waals surface area contributed by atoms with E-state index in [0.717, 1.165) is 5.75 Å². The molecule has 1 saturated heterocycles. The highest BCUT2D eigenvalue weighted by Gasteiger charge is 2.24. The van der Waals surface area contributed by atoms with Crippen molar-refractivity contribution in [3.8, 4) is 17.2 Å². The molecule has 0 atom stereocenters. The number of carbonyl (C=O) groups excluding carboxylic acids is 2. The monoisotopic (exact) mass is 412 g/mol. The van der Waals surface area contributed by atoms with Crippen LogP contribution >= 0.6 is 0 Å². The van der Waals surface area contributed by atoms with Gasteiger partial charge in [0.05, 0.1) is 13.7 Å². The van der Waals surface area contributed by atoms with Crippen LogP contribution in [0.25, 0.3) is 0 Å². The van der Waals surface area contributed by atoms with Crippen LogP contribution in [0.5, 0.6) is 17.2 Å². The Balaban J connectivity index is 1.34. The first-order valence-corrected chi connectivity index (χ1v) is 10.2. The standard InChI is InChI=1S/C23H28N2O5/c1-28-20-10-5-6-11-21(20)30-18-23(27)25-15-13-24(14-16-25)22(26)12-7-17-29-19-8-3-2-4-9-19/h2-6,8-11H,7,12-18H2,1H3. The van der Waals surface area contributed by atoms with E-state index >= 15 is 0 Å². The molecule has 1 aliphatic rings. The average molecular weight is 412 g/mol. The van der Waals surface area contributed by atoms with Crippen LogP contribution in [-0.2, 0) is 9.59 Å². The molecular formula is C23H28N2O5. The zero-order valence-corrected chi connectivity index (χ0v) is 17.3. The minimum Gasteiger partial charge on any atom is -0.494 e. The number of amides is 2. The molecule has 1 aliphatic heterocycles. The summed E-state index contributed by atoms with van der Waals surface area (Å²) >= 11 is 0. The molecule has 160 valence electrons. The Kier molecular flexibility index (Phi) is 7.94. The van der Waals surface area contributed by atoms with Crippen molar-refractivity contribution in [2.45, 2.75) is 12.8 Å². The van der Waals surface area contributed by atoms with Crippen molar-refractivity contribution in [3.63, 3.8) is 0 Å². The molecule has 0 aliphatic carbocycles. The fourth-order valence-electron chi connectivity index (χ4n) is 3.26. The van der Waals surface area contributed by atoms with Crippen LogP contribution in [0.2, 0.25) is 0 Å². The van der Waals surface area contributed by atoms with E-state index in [1.807, 2.05) is 47.4 Å². The predicted octanol–water partition coefficient (Wildman–Crippen LogP) is 2.60. The largest absolute Gasteiger partial charge is 0.494 e. The average Bonchev–Trinajstić information content (AvgIpc) is 2.81. The Hall–Kier alpha value is -3.22. The van der Waals surface area contributed by atoms with E-state index in [-0.39, 0.29) is 18.4 Å². The Morgan fingerprint density at radius 1 is 0.800 bits per heavy atom. The topological polar surface area (TPSA) is 68.3 Å². The van der Waals surface area contributed by atoms with E-state index in [1.165, 1.54) is 0 Å². The Morgan fingerprint density at radius 3 is 2.07 bits per heavy atom.